The fourth-order valence-corrected chi connectivity index (χ4v) is 6.01. The molecule has 1 aliphatic heterocycles. The van der Waals surface area contributed by atoms with Crippen LogP contribution in [0.25, 0.3) is 0 Å². The van der Waals surface area contributed by atoms with Crippen LogP contribution < -0.4 is 4.74 Å². The van der Waals surface area contributed by atoms with Gasteiger partial charge in [-0.2, -0.15) is 4.31 Å². The van der Waals surface area contributed by atoms with Gasteiger partial charge in [-0.25, -0.2) is 8.42 Å². The van der Waals surface area contributed by atoms with Crippen molar-refractivity contribution in [3.05, 3.63) is 22.7 Å². The van der Waals surface area contributed by atoms with Crippen LogP contribution in [0.1, 0.15) is 6.92 Å². The van der Waals surface area contributed by atoms with Crippen molar-refractivity contribution in [2.24, 2.45) is 5.92 Å². The highest BCUT2D eigenvalue weighted by atomic mass is 79.9. The van der Waals surface area contributed by atoms with Crippen LogP contribution >= 0.6 is 15.9 Å². The van der Waals surface area contributed by atoms with E-state index < -0.39 is 20.8 Å². The largest absolute Gasteiger partial charge is 0.495 e. The summed E-state index contributed by atoms with van der Waals surface area (Å²) in [4.78, 5) is 0.138. The SMILES string of the molecule is COc1ccc(Br)cc1S(=O)(=O)N1CC[S@@](=O)C[C@H](C)C1. The zero-order valence-electron chi connectivity index (χ0n) is 11.9. The fraction of sp³-hybridized carbons (Fsp3) is 0.538. The number of methoxy groups -OCH3 is 1. The maximum atomic E-state index is 12.9. The normalized spacial score (nSPS) is 24.5. The Labute approximate surface area is 136 Å². The lowest BCUT2D eigenvalue weighted by Gasteiger charge is -2.22. The van der Waals surface area contributed by atoms with Crippen molar-refractivity contribution in [3.63, 3.8) is 0 Å². The van der Waals surface area contributed by atoms with E-state index in [1.165, 1.54) is 11.4 Å². The fourth-order valence-electron chi connectivity index (χ4n) is 2.31. The third-order valence-electron chi connectivity index (χ3n) is 3.30. The van der Waals surface area contributed by atoms with Gasteiger partial charge >= 0.3 is 0 Å². The molecule has 0 aliphatic carbocycles. The highest BCUT2D eigenvalue weighted by Crippen LogP contribution is 2.30. The second-order valence-electron chi connectivity index (χ2n) is 5.07. The molecule has 2 rings (SSSR count). The molecule has 0 spiro atoms. The molecule has 8 heteroatoms. The molecule has 21 heavy (non-hydrogen) atoms. The van der Waals surface area contributed by atoms with Gasteiger partial charge in [0.05, 0.1) is 7.11 Å². The highest BCUT2D eigenvalue weighted by Gasteiger charge is 2.31. The van der Waals surface area contributed by atoms with Crippen molar-refractivity contribution in [1.29, 1.82) is 0 Å². The highest BCUT2D eigenvalue weighted by molar-refractivity contribution is 9.10. The van der Waals surface area contributed by atoms with Gasteiger partial charge in [-0.05, 0) is 24.1 Å². The topological polar surface area (TPSA) is 63.7 Å². The molecule has 1 aliphatic rings. The molecule has 0 N–H and O–H groups in total. The second-order valence-corrected chi connectivity index (χ2v) is 9.52. The van der Waals surface area contributed by atoms with Crippen LogP contribution in [0.3, 0.4) is 0 Å². The Kier molecular flexibility index (Phi) is 5.45. The van der Waals surface area contributed by atoms with Crippen molar-refractivity contribution in [2.75, 3.05) is 31.7 Å². The van der Waals surface area contributed by atoms with Crippen LogP contribution in [0, 0.1) is 5.92 Å². The molecule has 2 atom stereocenters. The van der Waals surface area contributed by atoms with E-state index in [0.717, 1.165) is 0 Å². The van der Waals surface area contributed by atoms with Crippen molar-refractivity contribution < 1.29 is 17.4 Å². The number of halogens is 1. The van der Waals surface area contributed by atoms with Crippen LogP contribution in [0.15, 0.2) is 27.6 Å². The van der Waals surface area contributed by atoms with E-state index in [1.54, 1.807) is 18.2 Å². The number of benzene rings is 1. The van der Waals surface area contributed by atoms with Crippen LogP contribution in [0.4, 0.5) is 0 Å². The average molecular weight is 396 g/mol. The molecule has 0 bridgehead atoms. The first-order valence-electron chi connectivity index (χ1n) is 6.53. The zero-order valence-corrected chi connectivity index (χ0v) is 15.1. The molecule has 1 fully saturated rings. The third kappa shape index (κ3) is 3.85. The van der Waals surface area contributed by atoms with Gasteiger partial charge < -0.3 is 4.74 Å². The predicted molar refractivity (Wildman–Crippen MR) is 86.5 cm³/mol. The summed E-state index contributed by atoms with van der Waals surface area (Å²) in [6, 6.07) is 4.90. The van der Waals surface area contributed by atoms with Gasteiger partial charge in [-0.15, -0.1) is 0 Å². The smallest absolute Gasteiger partial charge is 0.246 e. The second kappa shape index (κ2) is 6.76. The molecule has 1 heterocycles. The zero-order chi connectivity index (χ0) is 15.6. The van der Waals surface area contributed by atoms with Gasteiger partial charge in [0.1, 0.15) is 10.6 Å². The number of sulfonamides is 1. The van der Waals surface area contributed by atoms with Gasteiger partial charge in [-0.3, -0.25) is 4.21 Å². The molecule has 118 valence electrons. The van der Waals surface area contributed by atoms with E-state index in [9.17, 15) is 12.6 Å². The molecule has 0 saturated carbocycles. The lowest BCUT2D eigenvalue weighted by atomic mass is 10.2. The third-order valence-corrected chi connectivity index (χ3v) is 7.26. The van der Waals surface area contributed by atoms with E-state index in [4.69, 9.17) is 4.74 Å². The molecule has 1 aromatic carbocycles. The molecule has 1 aromatic rings. The molecule has 0 amide bonds. The Bertz CT molecular complexity index is 648. The van der Waals surface area contributed by atoms with Crippen molar-refractivity contribution >= 4 is 36.8 Å². The minimum absolute atomic E-state index is 0.0706. The van der Waals surface area contributed by atoms with E-state index in [-0.39, 0.29) is 17.4 Å². The Balaban J connectivity index is 2.41. The number of hydrogen-bond donors (Lipinski definition) is 0. The summed E-state index contributed by atoms with van der Waals surface area (Å²) >= 11 is 3.29. The number of rotatable bonds is 3. The Hall–Kier alpha value is -0.440. The number of hydrogen-bond acceptors (Lipinski definition) is 4. The summed E-state index contributed by atoms with van der Waals surface area (Å²) in [5.74, 6) is 1.30. The van der Waals surface area contributed by atoms with E-state index in [0.29, 0.717) is 28.3 Å². The van der Waals surface area contributed by atoms with Gasteiger partial charge in [-0.1, -0.05) is 22.9 Å². The summed E-state index contributed by atoms with van der Waals surface area (Å²) in [5.41, 5.74) is 0. The minimum atomic E-state index is -3.66. The van der Waals surface area contributed by atoms with Crippen LogP contribution in [-0.2, 0) is 20.8 Å². The number of nitrogens with zero attached hydrogens (tertiary/aromatic N) is 1. The standard InChI is InChI=1S/C13H18BrNO4S2/c1-10-8-15(5-6-20(16)9-10)21(17,18)13-7-11(14)3-4-12(13)19-2/h3-4,7,10H,5-6,8-9H2,1-2H3/t10-,20-/m1/s1. The number of ether oxygens (including phenoxy) is 1. The van der Waals surface area contributed by atoms with Gasteiger partial charge in [0.25, 0.3) is 0 Å². The molecule has 0 unspecified atom stereocenters. The van der Waals surface area contributed by atoms with Gasteiger partial charge in [0.15, 0.2) is 0 Å². The maximum Gasteiger partial charge on any atom is 0.246 e. The molecule has 0 aromatic heterocycles. The van der Waals surface area contributed by atoms with Crippen molar-refractivity contribution in [1.82, 2.24) is 4.31 Å². The minimum Gasteiger partial charge on any atom is -0.495 e. The van der Waals surface area contributed by atoms with E-state index in [1.807, 2.05) is 6.92 Å². The molecular weight excluding hydrogens is 378 g/mol. The van der Waals surface area contributed by atoms with E-state index >= 15 is 0 Å². The Morgan fingerprint density at radius 3 is 2.81 bits per heavy atom. The average Bonchev–Trinajstić information content (AvgIpc) is 2.59. The quantitative estimate of drug-likeness (QED) is 0.783. The predicted octanol–water partition coefficient (Wildman–Crippen LogP) is 1.85. The Morgan fingerprint density at radius 1 is 1.43 bits per heavy atom. The molecule has 1 saturated heterocycles. The summed E-state index contributed by atoms with van der Waals surface area (Å²) in [6.45, 7) is 2.57. The first-order valence-corrected chi connectivity index (χ1v) is 10.3. The van der Waals surface area contributed by atoms with Crippen LogP contribution in [0.2, 0.25) is 0 Å². The summed E-state index contributed by atoms with van der Waals surface area (Å²) in [7, 11) is -3.17. The maximum absolute atomic E-state index is 12.9. The van der Waals surface area contributed by atoms with Crippen LogP contribution in [-0.4, -0.2) is 48.6 Å². The first-order chi connectivity index (χ1) is 9.84. The Morgan fingerprint density at radius 2 is 2.14 bits per heavy atom. The molecule has 0 radical (unpaired) electrons. The first kappa shape index (κ1) is 16.9. The molecular formula is C13H18BrNO4S2. The van der Waals surface area contributed by atoms with Crippen molar-refractivity contribution in [3.8, 4) is 5.75 Å². The lowest BCUT2D eigenvalue weighted by molar-refractivity contribution is 0.379. The lowest BCUT2D eigenvalue weighted by Crippen LogP contribution is -2.35. The van der Waals surface area contributed by atoms with Crippen LogP contribution in [0.5, 0.6) is 5.75 Å². The summed E-state index contributed by atoms with van der Waals surface area (Å²) < 4.78 is 44.7. The summed E-state index contributed by atoms with van der Waals surface area (Å²) in [6.07, 6.45) is 0. The van der Waals surface area contributed by atoms with Crippen molar-refractivity contribution in [2.45, 2.75) is 11.8 Å². The van der Waals surface area contributed by atoms with Gasteiger partial charge in [0, 0.05) is 39.9 Å². The van der Waals surface area contributed by atoms with E-state index in [2.05, 4.69) is 15.9 Å². The monoisotopic (exact) mass is 395 g/mol. The van der Waals surface area contributed by atoms with Gasteiger partial charge in [0.2, 0.25) is 10.0 Å². The molecule has 5 nitrogen and oxygen atoms in total. The summed E-state index contributed by atoms with van der Waals surface area (Å²) in [5, 5.41) is 0.